The fraction of sp³-hybridized carbons (Fsp3) is 0.357. The third kappa shape index (κ3) is 4.42. The molecular weight excluding hydrogens is 288 g/mol. The molecule has 2 aromatic rings. The Morgan fingerprint density at radius 3 is 2.86 bits per heavy atom. The van der Waals surface area contributed by atoms with E-state index in [1.54, 1.807) is 23.6 Å². The number of nitrogens with one attached hydrogen (secondary N) is 3. The molecule has 2 aromatic heterocycles. The summed E-state index contributed by atoms with van der Waals surface area (Å²) in [5.74, 6) is 0. The number of aryl methyl sites for hydroxylation is 2. The lowest BCUT2D eigenvalue weighted by molar-refractivity contribution is 0.240. The molecule has 0 saturated carbocycles. The largest absolute Gasteiger partial charge is 0.334 e. The van der Waals surface area contributed by atoms with Crippen molar-refractivity contribution in [2.45, 2.75) is 33.4 Å². The van der Waals surface area contributed by atoms with Gasteiger partial charge in [-0.05, 0) is 25.0 Å². The first-order valence-corrected chi connectivity index (χ1v) is 7.53. The smallest absolute Gasteiger partial charge is 0.315 e. The number of carbonyl (C=O) groups is 1. The van der Waals surface area contributed by atoms with E-state index in [2.05, 4.69) is 27.5 Å². The quantitative estimate of drug-likeness (QED) is 0.786. The second kappa shape index (κ2) is 7.03. The summed E-state index contributed by atoms with van der Waals surface area (Å²) >= 11 is 1.59. The minimum Gasteiger partial charge on any atom is -0.334 e. The molecule has 6 nitrogen and oxygen atoms in total. The van der Waals surface area contributed by atoms with Crippen molar-refractivity contribution in [3.8, 4) is 0 Å². The average Bonchev–Trinajstić information content (AvgIpc) is 2.94. The number of H-pyrrole nitrogens is 1. The van der Waals surface area contributed by atoms with Crippen molar-refractivity contribution in [3.63, 3.8) is 0 Å². The molecule has 7 heteroatoms. The third-order valence-corrected chi connectivity index (χ3v) is 4.06. The number of amides is 2. The Bertz CT molecular complexity index is 678. The number of hydrogen-bond acceptors (Lipinski definition) is 4. The zero-order valence-corrected chi connectivity index (χ0v) is 12.8. The number of urea groups is 1. The Balaban J connectivity index is 1.82. The van der Waals surface area contributed by atoms with Crippen LogP contribution in [-0.4, -0.2) is 16.0 Å². The highest BCUT2D eigenvalue weighted by Gasteiger charge is 2.05. The van der Waals surface area contributed by atoms with Crippen LogP contribution in [0, 0.1) is 6.92 Å². The molecule has 0 aliphatic heterocycles. The van der Waals surface area contributed by atoms with Crippen LogP contribution in [0.4, 0.5) is 4.79 Å². The van der Waals surface area contributed by atoms with Gasteiger partial charge in [-0.3, -0.25) is 4.79 Å². The molecule has 0 saturated heterocycles. The van der Waals surface area contributed by atoms with Crippen LogP contribution < -0.4 is 16.2 Å². The lowest BCUT2D eigenvalue weighted by Crippen LogP contribution is -2.35. The molecule has 0 radical (unpaired) electrons. The molecule has 0 aliphatic rings. The molecule has 0 bridgehead atoms. The minimum atomic E-state index is -0.316. The van der Waals surface area contributed by atoms with E-state index in [4.69, 9.17) is 0 Å². The van der Waals surface area contributed by atoms with Gasteiger partial charge < -0.3 is 15.6 Å². The lowest BCUT2D eigenvalue weighted by Gasteiger charge is -2.06. The first-order chi connectivity index (χ1) is 10.1. The predicted molar refractivity (Wildman–Crippen MR) is 82.4 cm³/mol. The lowest BCUT2D eigenvalue weighted by atomic mass is 10.2. The van der Waals surface area contributed by atoms with Gasteiger partial charge in [0.1, 0.15) is 5.01 Å². The Labute approximate surface area is 126 Å². The van der Waals surface area contributed by atoms with E-state index in [0.717, 1.165) is 17.0 Å². The van der Waals surface area contributed by atoms with Crippen LogP contribution in [0.3, 0.4) is 0 Å². The first-order valence-electron chi connectivity index (χ1n) is 6.72. The van der Waals surface area contributed by atoms with Crippen LogP contribution >= 0.6 is 11.3 Å². The van der Waals surface area contributed by atoms with Crippen LogP contribution in [0.25, 0.3) is 0 Å². The molecule has 21 heavy (non-hydrogen) atoms. The number of thiazole rings is 1. The van der Waals surface area contributed by atoms with Crippen molar-refractivity contribution in [1.82, 2.24) is 20.6 Å². The van der Waals surface area contributed by atoms with Gasteiger partial charge in [0.2, 0.25) is 0 Å². The second-order valence-electron chi connectivity index (χ2n) is 4.64. The van der Waals surface area contributed by atoms with Gasteiger partial charge in [-0.25, -0.2) is 9.78 Å². The molecule has 3 N–H and O–H groups in total. The van der Waals surface area contributed by atoms with Crippen molar-refractivity contribution in [1.29, 1.82) is 0 Å². The highest BCUT2D eigenvalue weighted by atomic mass is 32.1. The summed E-state index contributed by atoms with van der Waals surface area (Å²) in [5, 5.41) is 6.26. The van der Waals surface area contributed by atoms with Crippen molar-refractivity contribution in [2.75, 3.05) is 0 Å². The Morgan fingerprint density at radius 2 is 2.14 bits per heavy atom. The van der Waals surface area contributed by atoms with Crippen LogP contribution in [0.1, 0.15) is 27.9 Å². The van der Waals surface area contributed by atoms with Crippen molar-refractivity contribution in [3.05, 3.63) is 49.8 Å². The SMILES string of the molecule is CCc1cnc(CNC(=O)NCc2cc(C)c[nH]c2=O)s1. The van der Waals surface area contributed by atoms with E-state index in [-0.39, 0.29) is 18.1 Å². The van der Waals surface area contributed by atoms with Crippen LogP contribution in [-0.2, 0) is 19.5 Å². The van der Waals surface area contributed by atoms with Crippen molar-refractivity contribution >= 4 is 17.4 Å². The fourth-order valence-corrected chi connectivity index (χ4v) is 2.57. The topological polar surface area (TPSA) is 86.9 Å². The van der Waals surface area contributed by atoms with Gasteiger partial charge >= 0.3 is 6.03 Å². The number of pyridine rings is 1. The summed E-state index contributed by atoms with van der Waals surface area (Å²) in [7, 11) is 0. The number of hydrogen-bond donors (Lipinski definition) is 3. The molecule has 2 heterocycles. The molecular formula is C14H18N4O2S. The summed E-state index contributed by atoms with van der Waals surface area (Å²) < 4.78 is 0. The van der Waals surface area contributed by atoms with Gasteiger partial charge in [0.25, 0.3) is 5.56 Å². The van der Waals surface area contributed by atoms with E-state index in [0.29, 0.717) is 12.1 Å². The molecule has 0 aliphatic carbocycles. The zero-order valence-electron chi connectivity index (χ0n) is 12.0. The molecule has 0 unspecified atom stereocenters. The number of aromatic amines is 1. The van der Waals surface area contributed by atoms with Crippen LogP contribution in [0.15, 0.2) is 23.3 Å². The summed E-state index contributed by atoms with van der Waals surface area (Å²) in [6.07, 6.45) is 4.41. The summed E-state index contributed by atoms with van der Waals surface area (Å²) in [5.41, 5.74) is 1.29. The minimum absolute atomic E-state index is 0.187. The maximum absolute atomic E-state index is 11.7. The van der Waals surface area contributed by atoms with Gasteiger partial charge in [0.15, 0.2) is 0 Å². The highest BCUT2D eigenvalue weighted by molar-refractivity contribution is 7.11. The van der Waals surface area contributed by atoms with Gasteiger partial charge in [-0.15, -0.1) is 11.3 Å². The Kier molecular flexibility index (Phi) is 5.10. The van der Waals surface area contributed by atoms with Crippen LogP contribution in [0.2, 0.25) is 0 Å². The van der Waals surface area contributed by atoms with E-state index >= 15 is 0 Å². The molecule has 0 atom stereocenters. The third-order valence-electron chi connectivity index (χ3n) is 2.91. The van der Waals surface area contributed by atoms with E-state index in [1.807, 2.05) is 13.1 Å². The Hall–Kier alpha value is -2.15. The number of rotatable bonds is 5. The molecule has 112 valence electrons. The van der Waals surface area contributed by atoms with Gasteiger partial charge in [-0.1, -0.05) is 6.92 Å². The van der Waals surface area contributed by atoms with E-state index in [9.17, 15) is 9.59 Å². The van der Waals surface area contributed by atoms with Gasteiger partial charge in [0, 0.05) is 29.4 Å². The number of carbonyl (C=O) groups excluding carboxylic acids is 1. The standard InChI is InChI=1S/C14H18N4O2S/c1-3-11-7-15-12(21-11)8-18-14(20)17-6-10-4-9(2)5-16-13(10)19/h4-5,7H,3,6,8H2,1-2H3,(H,16,19)(H2,17,18,20). The molecule has 0 fully saturated rings. The summed E-state index contributed by atoms with van der Waals surface area (Å²) in [6.45, 7) is 4.53. The molecule has 0 spiro atoms. The number of aromatic nitrogens is 2. The highest BCUT2D eigenvalue weighted by Crippen LogP contribution is 2.12. The van der Waals surface area contributed by atoms with Crippen molar-refractivity contribution in [2.24, 2.45) is 0 Å². The van der Waals surface area contributed by atoms with Crippen LogP contribution in [0.5, 0.6) is 0 Å². The molecule has 2 amide bonds. The predicted octanol–water partition coefficient (Wildman–Crippen LogP) is 1.70. The second-order valence-corrected chi connectivity index (χ2v) is 5.84. The number of nitrogens with zero attached hydrogens (tertiary/aromatic N) is 1. The summed E-state index contributed by atoms with van der Waals surface area (Å²) in [6, 6.07) is 1.44. The van der Waals surface area contributed by atoms with Crippen molar-refractivity contribution < 1.29 is 4.79 Å². The molecule has 0 aromatic carbocycles. The van der Waals surface area contributed by atoms with Gasteiger partial charge in [0.05, 0.1) is 6.54 Å². The monoisotopic (exact) mass is 306 g/mol. The average molecular weight is 306 g/mol. The Morgan fingerprint density at radius 1 is 1.38 bits per heavy atom. The normalized spacial score (nSPS) is 10.4. The fourth-order valence-electron chi connectivity index (χ4n) is 1.77. The van der Waals surface area contributed by atoms with E-state index < -0.39 is 0 Å². The maximum atomic E-state index is 11.7. The maximum Gasteiger partial charge on any atom is 0.315 e. The van der Waals surface area contributed by atoms with Gasteiger partial charge in [-0.2, -0.15) is 0 Å². The molecule has 2 rings (SSSR count). The zero-order chi connectivity index (χ0) is 15.2. The van der Waals surface area contributed by atoms with E-state index in [1.165, 1.54) is 4.88 Å². The summed E-state index contributed by atoms with van der Waals surface area (Å²) in [4.78, 5) is 31.3. The first kappa shape index (κ1) is 15.2.